The van der Waals surface area contributed by atoms with Crippen LogP contribution in [0.3, 0.4) is 0 Å². The third-order valence-corrected chi connectivity index (χ3v) is 3.16. The van der Waals surface area contributed by atoms with Crippen LogP contribution in [0, 0.1) is 0 Å². The van der Waals surface area contributed by atoms with E-state index in [1.807, 2.05) is 13.8 Å². The molecule has 0 saturated heterocycles. The number of ether oxygens (including phenoxy) is 1. The van der Waals surface area contributed by atoms with Gasteiger partial charge in [-0.3, -0.25) is 0 Å². The average Bonchev–Trinajstić information content (AvgIpc) is 2.28. The number of carboxylic acids is 1. The van der Waals surface area contributed by atoms with Gasteiger partial charge in [-0.05, 0) is 19.3 Å². The van der Waals surface area contributed by atoms with Crippen molar-refractivity contribution in [3.63, 3.8) is 0 Å². The van der Waals surface area contributed by atoms with Gasteiger partial charge in [-0.15, -0.1) is 0 Å². The smallest absolute Gasteiger partial charge is 0.335 e. The molecule has 3 nitrogen and oxygen atoms in total. The summed E-state index contributed by atoms with van der Waals surface area (Å²) in [6, 6.07) is 0. The van der Waals surface area contributed by atoms with Crippen LogP contribution in [0.15, 0.2) is 0 Å². The maximum Gasteiger partial charge on any atom is 0.335 e. The number of carbonyl (C=O) groups is 1. The first-order valence-electron chi connectivity index (χ1n) is 6.50. The summed E-state index contributed by atoms with van der Waals surface area (Å²) >= 11 is 0. The molecule has 0 aliphatic heterocycles. The van der Waals surface area contributed by atoms with Crippen molar-refractivity contribution in [2.75, 3.05) is 6.61 Å². The van der Waals surface area contributed by atoms with Crippen molar-refractivity contribution in [1.29, 1.82) is 0 Å². The Bertz CT molecular complexity index is 186. The van der Waals surface area contributed by atoms with Gasteiger partial charge < -0.3 is 9.84 Å². The van der Waals surface area contributed by atoms with Gasteiger partial charge >= 0.3 is 5.97 Å². The van der Waals surface area contributed by atoms with Crippen molar-refractivity contribution in [3.05, 3.63) is 0 Å². The predicted octanol–water partition coefficient (Wildman–Crippen LogP) is 3.62. The number of carboxylic acid groups (broad SMARTS) is 1. The van der Waals surface area contributed by atoms with Gasteiger partial charge in [-0.2, -0.15) is 0 Å². The fourth-order valence-corrected chi connectivity index (χ4v) is 1.79. The monoisotopic (exact) mass is 230 g/mol. The molecule has 3 heteroatoms. The Balaban J connectivity index is 3.81. The molecule has 0 amide bonds. The normalized spacial score (nSPS) is 11.7. The van der Waals surface area contributed by atoms with Crippen LogP contribution >= 0.6 is 0 Å². The first-order chi connectivity index (χ1) is 7.63. The Morgan fingerprint density at radius 2 is 1.62 bits per heavy atom. The molecule has 0 bridgehead atoms. The molecule has 0 atom stereocenters. The molecule has 0 saturated carbocycles. The fourth-order valence-electron chi connectivity index (χ4n) is 1.79. The maximum atomic E-state index is 11.1. The second-order valence-electron chi connectivity index (χ2n) is 4.27. The lowest BCUT2D eigenvalue weighted by atomic mass is 9.97. The van der Waals surface area contributed by atoms with E-state index in [2.05, 4.69) is 6.92 Å². The number of hydrogen-bond acceptors (Lipinski definition) is 2. The molecule has 0 spiro atoms. The van der Waals surface area contributed by atoms with Gasteiger partial charge in [-0.25, -0.2) is 4.79 Å². The molecule has 0 aliphatic carbocycles. The minimum atomic E-state index is -0.954. The summed E-state index contributed by atoms with van der Waals surface area (Å²) in [4.78, 5) is 11.1. The van der Waals surface area contributed by atoms with Gasteiger partial charge in [0, 0.05) is 6.61 Å². The van der Waals surface area contributed by atoms with Crippen LogP contribution in [0.1, 0.15) is 65.7 Å². The topological polar surface area (TPSA) is 46.5 Å². The highest BCUT2D eigenvalue weighted by molar-refractivity contribution is 5.77. The van der Waals surface area contributed by atoms with E-state index in [-0.39, 0.29) is 0 Å². The summed E-state index contributed by atoms with van der Waals surface area (Å²) in [6.07, 6.45) is 6.88. The molecular formula is C13H26O3. The predicted molar refractivity (Wildman–Crippen MR) is 65.7 cm³/mol. The van der Waals surface area contributed by atoms with Crippen LogP contribution in [0.2, 0.25) is 0 Å². The summed E-state index contributed by atoms with van der Waals surface area (Å²) in [5.74, 6) is -0.828. The van der Waals surface area contributed by atoms with E-state index in [4.69, 9.17) is 9.84 Å². The van der Waals surface area contributed by atoms with Crippen LogP contribution in [-0.2, 0) is 9.53 Å². The molecule has 0 aromatic carbocycles. The Morgan fingerprint density at radius 1 is 1.06 bits per heavy atom. The first kappa shape index (κ1) is 15.4. The molecule has 96 valence electrons. The van der Waals surface area contributed by atoms with Crippen molar-refractivity contribution in [1.82, 2.24) is 0 Å². The fraction of sp³-hybridized carbons (Fsp3) is 0.923. The molecule has 0 radical (unpaired) electrons. The van der Waals surface area contributed by atoms with E-state index in [0.717, 1.165) is 12.8 Å². The second-order valence-corrected chi connectivity index (χ2v) is 4.27. The minimum Gasteiger partial charge on any atom is -0.479 e. The van der Waals surface area contributed by atoms with Gasteiger partial charge in [0.05, 0.1) is 0 Å². The van der Waals surface area contributed by atoms with E-state index in [9.17, 15) is 4.79 Å². The first-order valence-corrected chi connectivity index (χ1v) is 6.50. The maximum absolute atomic E-state index is 11.1. The number of rotatable bonds is 10. The minimum absolute atomic E-state index is 0.536. The Labute approximate surface area is 99.2 Å². The summed E-state index contributed by atoms with van der Waals surface area (Å²) in [5.41, 5.74) is -0.954. The van der Waals surface area contributed by atoms with Crippen molar-refractivity contribution in [2.24, 2.45) is 0 Å². The highest BCUT2D eigenvalue weighted by Gasteiger charge is 2.35. The SMILES string of the molecule is CCCCCCCOC(CC)(CC)C(=O)O. The summed E-state index contributed by atoms with van der Waals surface area (Å²) in [7, 11) is 0. The molecule has 0 rings (SSSR count). The zero-order valence-corrected chi connectivity index (χ0v) is 10.9. The molecule has 0 aromatic heterocycles. The summed E-state index contributed by atoms with van der Waals surface area (Å²) in [6.45, 7) is 6.49. The number of unbranched alkanes of at least 4 members (excludes halogenated alkanes) is 4. The molecule has 0 aromatic rings. The average molecular weight is 230 g/mol. The summed E-state index contributed by atoms with van der Waals surface area (Å²) in [5, 5.41) is 9.14. The largest absolute Gasteiger partial charge is 0.479 e. The standard InChI is InChI=1S/C13H26O3/c1-4-7-8-9-10-11-16-13(5-2,6-3)12(14)15/h4-11H2,1-3H3,(H,14,15). The Morgan fingerprint density at radius 3 is 2.06 bits per heavy atom. The lowest BCUT2D eigenvalue weighted by Crippen LogP contribution is -2.40. The van der Waals surface area contributed by atoms with Gasteiger partial charge in [0.25, 0.3) is 0 Å². The number of aliphatic carboxylic acids is 1. The van der Waals surface area contributed by atoms with Crippen molar-refractivity contribution in [3.8, 4) is 0 Å². The van der Waals surface area contributed by atoms with Crippen LogP contribution < -0.4 is 0 Å². The highest BCUT2D eigenvalue weighted by Crippen LogP contribution is 2.21. The third-order valence-electron chi connectivity index (χ3n) is 3.16. The van der Waals surface area contributed by atoms with Gasteiger partial charge in [0.15, 0.2) is 5.60 Å². The zero-order valence-electron chi connectivity index (χ0n) is 10.9. The van der Waals surface area contributed by atoms with E-state index in [1.165, 1.54) is 19.3 Å². The molecule has 0 fully saturated rings. The zero-order chi connectivity index (χ0) is 12.4. The van der Waals surface area contributed by atoms with Crippen molar-refractivity contribution < 1.29 is 14.6 Å². The van der Waals surface area contributed by atoms with Gasteiger partial charge in [-0.1, -0.05) is 46.5 Å². The highest BCUT2D eigenvalue weighted by atomic mass is 16.5. The summed E-state index contributed by atoms with van der Waals surface area (Å²) < 4.78 is 5.57. The molecule has 1 N–H and O–H groups in total. The van der Waals surface area contributed by atoms with Crippen molar-refractivity contribution in [2.45, 2.75) is 71.3 Å². The Hall–Kier alpha value is -0.570. The van der Waals surface area contributed by atoms with Crippen LogP contribution in [0.25, 0.3) is 0 Å². The lowest BCUT2D eigenvalue weighted by Gasteiger charge is -2.27. The molecule has 0 heterocycles. The molecule has 16 heavy (non-hydrogen) atoms. The van der Waals surface area contributed by atoms with E-state index in [1.54, 1.807) is 0 Å². The molecule has 0 aliphatic rings. The van der Waals surface area contributed by atoms with Crippen LogP contribution in [-0.4, -0.2) is 23.3 Å². The molecule has 0 unspecified atom stereocenters. The number of hydrogen-bond donors (Lipinski definition) is 1. The quantitative estimate of drug-likeness (QED) is 0.583. The van der Waals surface area contributed by atoms with E-state index in [0.29, 0.717) is 19.4 Å². The lowest BCUT2D eigenvalue weighted by molar-refractivity contribution is -0.167. The van der Waals surface area contributed by atoms with Gasteiger partial charge in [0.1, 0.15) is 0 Å². The van der Waals surface area contributed by atoms with E-state index >= 15 is 0 Å². The molecular weight excluding hydrogens is 204 g/mol. The third kappa shape index (κ3) is 4.97. The van der Waals surface area contributed by atoms with Gasteiger partial charge in [0.2, 0.25) is 0 Å². The second kappa shape index (κ2) is 8.57. The van der Waals surface area contributed by atoms with Crippen LogP contribution in [0.4, 0.5) is 0 Å². The van der Waals surface area contributed by atoms with Crippen LogP contribution in [0.5, 0.6) is 0 Å². The van der Waals surface area contributed by atoms with E-state index < -0.39 is 11.6 Å². The van der Waals surface area contributed by atoms with Crippen molar-refractivity contribution >= 4 is 5.97 Å². The Kier molecular flexibility index (Phi) is 8.26.